The molecule has 2 unspecified atom stereocenters. The third-order valence-electron chi connectivity index (χ3n) is 4.56. The molecule has 0 bridgehead atoms. The molecule has 3 nitrogen and oxygen atoms in total. The molecule has 0 aromatic carbocycles. The molecule has 2 heterocycles. The molecule has 1 saturated carbocycles. The fourth-order valence-electron chi connectivity index (χ4n) is 3.44. The van der Waals surface area contributed by atoms with Crippen LogP contribution in [-0.2, 0) is 4.74 Å². The molecule has 1 aliphatic heterocycles. The maximum atomic E-state index is 6.11. The summed E-state index contributed by atoms with van der Waals surface area (Å²) in [6.45, 7) is 0.873. The van der Waals surface area contributed by atoms with E-state index in [1.54, 1.807) is 6.26 Å². The number of halogens is 1. The van der Waals surface area contributed by atoms with Crippen LogP contribution in [0.1, 0.15) is 43.7 Å². The minimum absolute atomic E-state index is 0.175. The molecule has 2 aliphatic rings. The molecular formula is C14H20ClNO2. The summed E-state index contributed by atoms with van der Waals surface area (Å²) >= 11 is 6.11. The minimum Gasteiger partial charge on any atom is -0.453 e. The summed E-state index contributed by atoms with van der Waals surface area (Å²) in [6.07, 6.45) is 7.65. The summed E-state index contributed by atoms with van der Waals surface area (Å²) in [5, 5.41) is 3.92. The van der Waals surface area contributed by atoms with Gasteiger partial charge in [-0.05, 0) is 62.7 Å². The number of hydrogen-bond acceptors (Lipinski definition) is 3. The van der Waals surface area contributed by atoms with Crippen LogP contribution in [0.2, 0.25) is 5.22 Å². The lowest BCUT2D eigenvalue weighted by Gasteiger charge is -2.48. The predicted octanol–water partition coefficient (Wildman–Crippen LogP) is 3.54. The summed E-state index contributed by atoms with van der Waals surface area (Å²) in [5.74, 6) is 0.583. The lowest BCUT2D eigenvalue weighted by molar-refractivity contribution is -0.147. The highest BCUT2D eigenvalue weighted by molar-refractivity contribution is 6.29. The van der Waals surface area contributed by atoms with Gasteiger partial charge in [0.2, 0.25) is 0 Å². The van der Waals surface area contributed by atoms with Crippen LogP contribution < -0.4 is 5.32 Å². The van der Waals surface area contributed by atoms with E-state index in [4.69, 9.17) is 20.8 Å². The van der Waals surface area contributed by atoms with Crippen LogP contribution in [0.3, 0.4) is 0 Å². The molecule has 1 aliphatic carbocycles. The van der Waals surface area contributed by atoms with Crippen molar-refractivity contribution in [2.45, 2.75) is 43.7 Å². The van der Waals surface area contributed by atoms with Crippen LogP contribution in [-0.4, -0.2) is 19.3 Å². The van der Waals surface area contributed by atoms with Gasteiger partial charge in [0.1, 0.15) is 0 Å². The van der Waals surface area contributed by atoms with E-state index in [1.807, 2.05) is 13.1 Å². The Morgan fingerprint density at radius 2 is 2.33 bits per heavy atom. The van der Waals surface area contributed by atoms with Gasteiger partial charge in [0, 0.05) is 18.2 Å². The SMILES string of the molecule is CNC(c1ccoc1Cl)C1CCOC2(CCC2)C1. The highest BCUT2D eigenvalue weighted by Crippen LogP contribution is 2.47. The van der Waals surface area contributed by atoms with E-state index in [0.717, 1.165) is 25.0 Å². The molecule has 1 spiro atoms. The largest absolute Gasteiger partial charge is 0.453 e. The topological polar surface area (TPSA) is 34.4 Å². The smallest absolute Gasteiger partial charge is 0.197 e. The molecule has 2 atom stereocenters. The first-order chi connectivity index (χ1) is 8.74. The fraction of sp³-hybridized carbons (Fsp3) is 0.714. The quantitative estimate of drug-likeness (QED) is 0.911. The van der Waals surface area contributed by atoms with E-state index in [0.29, 0.717) is 11.1 Å². The average Bonchev–Trinajstić information content (AvgIpc) is 2.75. The number of hydrogen-bond donors (Lipinski definition) is 1. The second-order valence-corrected chi connectivity index (χ2v) is 5.90. The van der Waals surface area contributed by atoms with Crippen molar-refractivity contribution in [3.05, 3.63) is 23.1 Å². The summed E-state index contributed by atoms with van der Waals surface area (Å²) in [4.78, 5) is 0. The van der Waals surface area contributed by atoms with E-state index in [2.05, 4.69) is 5.32 Å². The molecule has 0 amide bonds. The van der Waals surface area contributed by atoms with Gasteiger partial charge in [-0.1, -0.05) is 0 Å². The zero-order valence-corrected chi connectivity index (χ0v) is 11.5. The van der Waals surface area contributed by atoms with E-state index in [1.165, 1.54) is 19.3 Å². The van der Waals surface area contributed by atoms with Crippen molar-refractivity contribution < 1.29 is 9.15 Å². The third-order valence-corrected chi connectivity index (χ3v) is 4.87. The first kappa shape index (κ1) is 12.5. The van der Waals surface area contributed by atoms with Crippen molar-refractivity contribution in [3.63, 3.8) is 0 Å². The van der Waals surface area contributed by atoms with Gasteiger partial charge in [-0.25, -0.2) is 0 Å². The summed E-state index contributed by atoms with van der Waals surface area (Å²) < 4.78 is 11.2. The van der Waals surface area contributed by atoms with Crippen LogP contribution in [0, 0.1) is 5.92 Å². The van der Waals surface area contributed by atoms with Crippen molar-refractivity contribution in [1.29, 1.82) is 0 Å². The number of rotatable bonds is 3. The van der Waals surface area contributed by atoms with E-state index >= 15 is 0 Å². The van der Waals surface area contributed by atoms with Crippen molar-refractivity contribution in [3.8, 4) is 0 Å². The Morgan fingerprint density at radius 1 is 1.50 bits per heavy atom. The second kappa shape index (κ2) is 4.87. The van der Waals surface area contributed by atoms with Gasteiger partial charge in [0.05, 0.1) is 11.9 Å². The standard InChI is InChI=1S/C14H20ClNO2/c1-16-12(11-4-7-17-13(11)15)10-3-8-18-14(9-10)5-2-6-14/h4,7,10,12,16H,2-3,5-6,8-9H2,1H3. The van der Waals surface area contributed by atoms with Crippen molar-refractivity contribution in [2.75, 3.05) is 13.7 Å². The summed E-state index contributed by atoms with van der Waals surface area (Å²) in [5.41, 5.74) is 1.26. The molecule has 1 aromatic rings. The van der Waals surface area contributed by atoms with Gasteiger partial charge in [-0.2, -0.15) is 0 Å². The van der Waals surface area contributed by atoms with Gasteiger partial charge in [0.25, 0.3) is 0 Å². The van der Waals surface area contributed by atoms with E-state index in [9.17, 15) is 0 Å². The first-order valence-electron chi connectivity index (χ1n) is 6.78. The lowest BCUT2D eigenvalue weighted by atomic mass is 9.70. The van der Waals surface area contributed by atoms with Crippen molar-refractivity contribution in [1.82, 2.24) is 5.32 Å². The van der Waals surface area contributed by atoms with Crippen molar-refractivity contribution >= 4 is 11.6 Å². The lowest BCUT2D eigenvalue weighted by Crippen LogP contribution is -2.47. The van der Waals surface area contributed by atoms with Crippen LogP contribution in [0.15, 0.2) is 16.7 Å². The van der Waals surface area contributed by atoms with Crippen LogP contribution in [0.4, 0.5) is 0 Å². The second-order valence-electron chi connectivity index (χ2n) is 5.55. The van der Waals surface area contributed by atoms with Gasteiger partial charge in [0.15, 0.2) is 5.22 Å². The molecule has 4 heteroatoms. The number of ether oxygens (including phenoxy) is 1. The summed E-state index contributed by atoms with van der Waals surface area (Å²) in [6, 6.07) is 2.25. The van der Waals surface area contributed by atoms with E-state index < -0.39 is 0 Å². The van der Waals surface area contributed by atoms with Gasteiger partial charge >= 0.3 is 0 Å². The maximum Gasteiger partial charge on any atom is 0.197 e. The molecule has 18 heavy (non-hydrogen) atoms. The average molecular weight is 270 g/mol. The summed E-state index contributed by atoms with van der Waals surface area (Å²) in [7, 11) is 2.00. The Balaban J connectivity index is 1.77. The monoisotopic (exact) mass is 269 g/mol. The zero-order chi connectivity index (χ0) is 12.6. The zero-order valence-electron chi connectivity index (χ0n) is 10.7. The van der Waals surface area contributed by atoms with Gasteiger partial charge < -0.3 is 14.5 Å². The highest BCUT2D eigenvalue weighted by atomic mass is 35.5. The third kappa shape index (κ3) is 2.09. The van der Waals surface area contributed by atoms with Gasteiger partial charge in [-0.3, -0.25) is 0 Å². The maximum absolute atomic E-state index is 6.11. The number of nitrogens with one attached hydrogen (secondary N) is 1. The van der Waals surface area contributed by atoms with Crippen LogP contribution in [0.5, 0.6) is 0 Å². The molecule has 0 radical (unpaired) electrons. The number of furan rings is 1. The molecule has 1 saturated heterocycles. The molecular weight excluding hydrogens is 250 g/mol. The van der Waals surface area contributed by atoms with Crippen LogP contribution in [0.25, 0.3) is 0 Å². The molecule has 1 N–H and O–H groups in total. The Hall–Kier alpha value is -0.510. The minimum atomic E-state index is 0.175. The molecule has 2 fully saturated rings. The predicted molar refractivity (Wildman–Crippen MR) is 70.8 cm³/mol. The molecule has 100 valence electrons. The Labute approximate surface area is 113 Å². The first-order valence-corrected chi connectivity index (χ1v) is 7.16. The Kier molecular flexibility index (Phi) is 3.39. The highest BCUT2D eigenvalue weighted by Gasteiger charge is 2.44. The Morgan fingerprint density at radius 3 is 2.89 bits per heavy atom. The van der Waals surface area contributed by atoms with Crippen LogP contribution >= 0.6 is 11.6 Å². The fourth-order valence-corrected chi connectivity index (χ4v) is 3.67. The molecule has 3 rings (SSSR count). The van der Waals surface area contributed by atoms with Crippen molar-refractivity contribution in [2.24, 2.45) is 5.92 Å². The molecule has 1 aromatic heterocycles. The van der Waals surface area contributed by atoms with E-state index in [-0.39, 0.29) is 11.6 Å². The normalized spacial score (nSPS) is 28.0. The Bertz CT molecular complexity index is 414. The van der Waals surface area contributed by atoms with Gasteiger partial charge in [-0.15, -0.1) is 0 Å².